The van der Waals surface area contributed by atoms with Crippen molar-refractivity contribution >= 4 is 5.97 Å². The number of carboxylic acid groups (broad SMARTS) is 1. The summed E-state index contributed by atoms with van der Waals surface area (Å²) >= 11 is 0. The first-order valence-corrected chi connectivity index (χ1v) is 5.99. The number of hydrogen-bond donors (Lipinski definition) is 1. The molecule has 1 fully saturated rings. The van der Waals surface area contributed by atoms with E-state index in [9.17, 15) is 9.90 Å². The first-order valence-electron chi connectivity index (χ1n) is 5.99. The van der Waals surface area contributed by atoms with Crippen molar-refractivity contribution in [3.05, 3.63) is 35.9 Å². The topological polar surface area (TPSA) is 55.8 Å². The Kier molecular flexibility index (Phi) is 3.17. The lowest BCUT2D eigenvalue weighted by atomic mass is 9.93. The zero-order valence-corrected chi connectivity index (χ0v) is 10.8. The van der Waals surface area contributed by atoms with Gasteiger partial charge in [0, 0.05) is 6.42 Å². The second-order valence-electron chi connectivity index (χ2n) is 5.21. The van der Waals surface area contributed by atoms with Gasteiger partial charge in [0.2, 0.25) is 0 Å². The molecule has 0 radical (unpaired) electrons. The Morgan fingerprint density at radius 1 is 1.28 bits per heavy atom. The number of rotatable bonds is 3. The summed E-state index contributed by atoms with van der Waals surface area (Å²) in [6.45, 7) is 5.04. The van der Waals surface area contributed by atoms with Crippen LogP contribution in [0.1, 0.15) is 26.3 Å². The molecule has 98 valence electrons. The fourth-order valence-corrected chi connectivity index (χ4v) is 2.30. The molecule has 0 amide bonds. The van der Waals surface area contributed by atoms with Crippen LogP contribution in [0.5, 0.6) is 0 Å². The van der Waals surface area contributed by atoms with Crippen LogP contribution in [-0.2, 0) is 20.7 Å². The lowest BCUT2D eigenvalue weighted by Gasteiger charge is -2.24. The van der Waals surface area contributed by atoms with E-state index in [1.54, 1.807) is 20.8 Å². The maximum Gasteiger partial charge on any atom is 0.338 e. The lowest BCUT2D eigenvalue weighted by Crippen LogP contribution is -2.46. The maximum atomic E-state index is 11.4. The Bertz CT molecular complexity index is 440. The van der Waals surface area contributed by atoms with Crippen LogP contribution in [0.2, 0.25) is 0 Å². The average molecular weight is 250 g/mol. The predicted molar refractivity (Wildman–Crippen MR) is 66.2 cm³/mol. The summed E-state index contributed by atoms with van der Waals surface area (Å²) in [7, 11) is 0. The van der Waals surface area contributed by atoms with Crippen LogP contribution in [-0.4, -0.2) is 28.6 Å². The highest BCUT2D eigenvalue weighted by atomic mass is 16.8. The number of carboxylic acids is 1. The van der Waals surface area contributed by atoms with Gasteiger partial charge in [-0.3, -0.25) is 0 Å². The van der Waals surface area contributed by atoms with Gasteiger partial charge >= 0.3 is 5.97 Å². The molecule has 0 aromatic heterocycles. The SMILES string of the molecule is CC1(C)O[C@H](Cc2ccccc2)[C@@](C)(C(=O)O)O1. The summed E-state index contributed by atoms with van der Waals surface area (Å²) in [6, 6.07) is 9.69. The van der Waals surface area contributed by atoms with Gasteiger partial charge in [0.1, 0.15) is 6.10 Å². The molecule has 1 aliphatic heterocycles. The van der Waals surface area contributed by atoms with E-state index < -0.39 is 23.5 Å². The molecule has 18 heavy (non-hydrogen) atoms. The van der Waals surface area contributed by atoms with Crippen molar-refractivity contribution in [1.29, 1.82) is 0 Å². The normalized spacial score (nSPS) is 30.3. The maximum absolute atomic E-state index is 11.4. The highest BCUT2D eigenvalue weighted by Gasteiger charge is 2.55. The minimum Gasteiger partial charge on any atom is -0.479 e. The summed E-state index contributed by atoms with van der Waals surface area (Å²) in [5.74, 6) is -1.86. The van der Waals surface area contributed by atoms with Gasteiger partial charge in [-0.2, -0.15) is 0 Å². The van der Waals surface area contributed by atoms with E-state index in [0.717, 1.165) is 5.56 Å². The molecular weight excluding hydrogens is 232 g/mol. The number of ether oxygens (including phenoxy) is 2. The van der Waals surface area contributed by atoms with Crippen LogP contribution in [0.3, 0.4) is 0 Å². The van der Waals surface area contributed by atoms with E-state index in [2.05, 4.69) is 0 Å². The van der Waals surface area contributed by atoms with Crippen LogP contribution < -0.4 is 0 Å². The largest absolute Gasteiger partial charge is 0.479 e. The molecule has 4 heteroatoms. The fraction of sp³-hybridized carbons (Fsp3) is 0.500. The smallest absolute Gasteiger partial charge is 0.338 e. The first kappa shape index (κ1) is 13.1. The summed E-state index contributed by atoms with van der Waals surface area (Å²) < 4.78 is 11.3. The van der Waals surface area contributed by atoms with Gasteiger partial charge in [0.05, 0.1) is 0 Å². The van der Waals surface area contributed by atoms with Gasteiger partial charge in [-0.15, -0.1) is 0 Å². The molecule has 1 aromatic rings. The molecule has 1 aliphatic rings. The van der Waals surface area contributed by atoms with E-state index in [4.69, 9.17) is 9.47 Å². The minimum absolute atomic E-state index is 0.493. The summed E-state index contributed by atoms with van der Waals surface area (Å²) in [6.07, 6.45) is 0.0278. The molecule has 1 aromatic carbocycles. The van der Waals surface area contributed by atoms with Gasteiger partial charge < -0.3 is 14.6 Å². The molecule has 1 saturated heterocycles. The van der Waals surface area contributed by atoms with E-state index >= 15 is 0 Å². The lowest BCUT2D eigenvalue weighted by molar-refractivity contribution is -0.182. The number of hydrogen-bond acceptors (Lipinski definition) is 3. The Labute approximate surface area is 107 Å². The highest BCUT2D eigenvalue weighted by Crippen LogP contribution is 2.38. The third-order valence-electron chi connectivity index (χ3n) is 3.19. The van der Waals surface area contributed by atoms with E-state index in [0.29, 0.717) is 6.42 Å². The van der Waals surface area contributed by atoms with E-state index in [-0.39, 0.29) is 0 Å². The van der Waals surface area contributed by atoms with Crippen molar-refractivity contribution in [1.82, 2.24) is 0 Å². The van der Waals surface area contributed by atoms with Crippen LogP contribution in [0.4, 0.5) is 0 Å². The monoisotopic (exact) mass is 250 g/mol. The third kappa shape index (κ3) is 2.40. The molecule has 0 spiro atoms. The molecule has 2 rings (SSSR count). The van der Waals surface area contributed by atoms with Gasteiger partial charge in [-0.05, 0) is 26.3 Å². The van der Waals surface area contributed by atoms with Gasteiger partial charge in [-0.25, -0.2) is 4.79 Å². The molecule has 1 heterocycles. The predicted octanol–water partition coefficient (Wildman–Crippen LogP) is 2.22. The second-order valence-corrected chi connectivity index (χ2v) is 5.21. The van der Waals surface area contributed by atoms with Crippen LogP contribution >= 0.6 is 0 Å². The molecule has 0 saturated carbocycles. The van der Waals surface area contributed by atoms with Crippen LogP contribution in [0.25, 0.3) is 0 Å². The average Bonchev–Trinajstić information content (AvgIpc) is 2.51. The molecule has 4 nitrogen and oxygen atoms in total. The Morgan fingerprint density at radius 2 is 1.89 bits per heavy atom. The molecule has 2 atom stereocenters. The highest BCUT2D eigenvalue weighted by molar-refractivity contribution is 5.78. The fourth-order valence-electron chi connectivity index (χ4n) is 2.30. The molecule has 0 unspecified atom stereocenters. The van der Waals surface area contributed by atoms with Crippen molar-refractivity contribution in [2.24, 2.45) is 0 Å². The van der Waals surface area contributed by atoms with Crippen LogP contribution in [0.15, 0.2) is 30.3 Å². The Hall–Kier alpha value is -1.39. The number of benzene rings is 1. The summed E-state index contributed by atoms with van der Waals surface area (Å²) in [5, 5.41) is 9.35. The van der Waals surface area contributed by atoms with Crippen molar-refractivity contribution in [2.45, 2.75) is 44.7 Å². The van der Waals surface area contributed by atoms with Crippen molar-refractivity contribution in [2.75, 3.05) is 0 Å². The van der Waals surface area contributed by atoms with Gasteiger partial charge in [0.15, 0.2) is 11.4 Å². The molecule has 0 bridgehead atoms. The molecular formula is C14H18O4. The second kappa shape index (κ2) is 4.37. The minimum atomic E-state index is -1.31. The third-order valence-corrected chi connectivity index (χ3v) is 3.19. The Balaban J connectivity index is 2.23. The zero-order valence-electron chi connectivity index (χ0n) is 10.8. The number of carbonyl (C=O) groups is 1. The summed E-state index contributed by atoms with van der Waals surface area (Å²) in [4.78, 5) is 11.4. The molecule has 1 N–H and O–H groups in total. The van der Waals surface area contributed by atoms with Crippen LogP contribution in [0, 0.1) is 0 Å². The van der Waals surface area contributed by atoms with Crippen molar-refractivity contribution < 1.29 is 19.4 Å². The standard InChI is InChI=1S/C14H18O4/c1-13(2)17-11(14(3,18-13)12(15)16)9-10-7-5-4-6-8-10/h4-8,11H,9H2,1-3H3,(H,15,16)/t11-,14+/m1/s1. The zero-order chi connectivity index (χ0) is 13.4. The Morgan fingerprint density at radius 3 is 2.44 bits per heavy atom. The van der Waals surface area contributed by atoms with E-state index in [1.807, 2.05) is 30.3 Å². The first-order chi connectivity index (χ1) is 8.33. The van der Waals surface area contributed by atoms with Gasteiger partial charge in [0.25, 0.3) is 0 Å². The molecule has 0 aliphatic carbocycles. The number of aliphatic carboxylic acids is 1. The van der Waals surface area contributed by atoms with E-state index in [1.165, 1.54) is 0 Å². The van der Waals surface area contributed by atoms with Crippen molar-refractivity contribution in [3.8, 4) is 0 Å². The quantitative estimate of drug-likeness (QED) is 0.893. The van der Waals surface area contributed by atoms with Crippen molar-refractivity contribution in [3.63, 3.8) is 0 Å². The van der Waals surface area contributed by atoms with Gasteiger partial charge in [-0.1, -0.05) is 30.3 Å². The summed E-state index contributed by atoms with van der Waals surface area (Å²) in [5.41, 5.74) is -0.268.